The number of nitrogens with one attached hydrogen (secondary N) is 1. The van der Waals surface area contributed by atoms with E-state index in [0.717, 1.165) is 0 Å². The zero-order valence-corrected chi connectivity index (χ0v) is 9.71. The van der Waals surface area contributed by atoms with Gasteiger partial charge in [0.05, 0.1) is 11.3 Å². The van der Waals surface area contributed by atoms with Crippen LogP contribution in [0.3, 0.4) is 0 Å². The summed E-state index contributed by atoms with van der Waals surface area (Å²) in [6, 6.07) is 3.06. The molecule has 0 spiro atoms. The first-order chi connectivity index (χ1) is 8.08. The van der Waals surface area contributed by atoms with Crippen molar-refractivity contribution in [2.45, 2.75) is 6.92 Å². The van der Waals surface area contributed by atoms with Gasteiger partial charge in [0.1, 0.15) is 5.00 Å². The summed E-state index contributed by atoms with van der Waals surface area (Å²) in [5, 5.41) is 8.21. The van der Waals surface area contributed by atoms with Crippen LogP contribution in [0.1, 0.15) is 26.6 Å². The number of anilines is 1. The lowest BCUT2D eigenvalue weighted by atomic mass is 10.3. The molecule has 0 radical (unpaired) electrons. The molecule has 2 aromatic rings. The second-order valence-corrected chi connectivity index (χ2v) is 4.23. The number of primary amides is 1. The van der Waals surface area contributed by atoms with E-state index in [4.69, 9.17) is 10.3 Å². The average Bonchev–Trinajstić information content (AvgIpc) is 2.86. The van der Waals surface area contributed by atoms with Gasteiger partial charge in [-0.25, -0.2) is 0 Å². The van der Waals surface area contributed by atoms with E-state index in [0.29, 0.717) is 10.7 Å². The quantitative estimate of drug-likeness (QED) is 0.861. The molecule has 0 saturated carbocycles. The Balaban J connectivity index is 2.18. The fourth-order valence-electron chi connectivity index (χ4n) is 1.24. The molecule has 0 fully saturated rings. The van der Waals surface area contributed by atoms with Crippen molar-refractivity contribution in [1.82, 2.24) is 5.16 Å². The lowest BCUT2D eigenvalue weighted by Crippen LogP contribution is -2.16. The SMILES string of the molecule is Cc1cc(C(=O)Nc2sccc2C(N)=O)on1. The summed E-state index contributed by atoms with van der Waals surface area (Å²) in [6.45, 7) is 1.71. The highest BCUT2D eigenvalue weighted by atomic mass is 32.1. The Morgan fingerprint density at radius 2 is 2.29 bits per heavy atom. The molecule has 2 heterocycles. The smallest absolute Gasteiger partial charge is 0.294 e. The highest BCUT2D eigenvalue weighted by molar-refractivity contribution is 7.14. The molecule has 0 saturated heterocycles. The van der Waals surface area contributed by atoms with Gasteiger partial charge in [0.15, 0.2) is 0 Å². The molecule has 3 N–H and O–H groups in total. The monoisotopic (exact) mass is 251 g/mol. The number of carbonyl (C=O) groups excluding carboxylic acids is 2. The maximum absolute atomic E-state index is 11.7. The summed E-state index contributed by atoms with van der Waals surface area (Å²) in [6.07, 6.45) is 0. The van der Waals surface area contributed by atoms with Crippen molar-refractivity contribution < 1.29 is 14.1 Å². The molecule has 7 heteroatoms. The van der Waals surface area contributed by atoms with Crippen LogP contribution in [-0.4, -0.2) is 17.0 Å². The summed E-state index contributed by atoms with van der Waals surface area (Å²) < 4.78 is 4.80. The van der Waals surface area contributed by atoms with E-state index < -0.39 is 11.8 Å². The van der Waals surface area contributed by atoms with Crippen LogP contribution in [-0.2, 0) is 0 Å². The number of hydrogen-bond acceptors (Lipinski definition) is 5. The van der Waals surface area contributed by atoms with Gasteiger partial charge in [-0.15, -0.1) is 11.3 Å². The van der Waals surface area contributed by atoms with Crippen LogP contribution >= 0.6 is 11.3 Å². The number of aryl methyl sites for hydroxylation is 1. The largest absolute Gasteiger partial charge is 0.366 e. The Bertz CT molecular complexity index is 573. The van der Waals surface area contributed by atoms with Gasteiger partial charge in [-0.1, -0.05) is 5.16 Å². The van der Waals surface area contributed by atoms with Gasteiger partial charge in [-0.2, -0.15) is 0 Å². The highest BCUT2D eigenvalue weighted by Crippen LogP contribution is 2.23. The number of carbonyl (C=O) groups is 2. The normalized spacial score (nSPS) is 10.2. The zero-order chi connectivity index (χ0) is 12.4. The lowest BCUT2D eigenvalue weighted by Gasteiger charge is -2.00. The Hall–Kier alpha value is -2.15. The standard InChI is InChI=1S/C10H9N3O3S/c1-5-4-7(16-13-5)9(15)12-10-6(8(11)14)2-3-17-10/h2-4H,1H3,(H2,11,14)(H,12,15). The fraction of sp³-hybridized carbons (Fsp3) is 0.100. The van der Waals surface area contributed by atoms with Crippen LogP contribution in [0, 0.1) is 6.92 Å². The maximum atomic E-state index is 11.7. The number of amides is 2. The number of thiophene rings is 1. The Morgan fingerprint density at radius 1 is 1.53 bits per heavy atom. The maximum Gasteiger partial charge on any atom is 0.294 e. The molecule has 0 unspecified atom stereocenters. The van der Waals surface area contributed by atoms with Crippen LogP contribution in [0.5, 0.6) is 0 Å². The van der Waals surface area contributed by atoms with Crippen molar-refractivity contribution in [3.63, 3.8) is 0 Å². The summed E-state index contributed by atoms with van der Waals surface area (Å²) in [4.78, 5) is 22.8. The zero-order valence-electron chi connectivity index (χ0n) is 8.89. The number of aromatic nitrogens is 1. The van der Waals surface area contributed by atoms with Crippen molar-refractivity contribution in [2.75, 3.05) is 5.32 Å². The topological polar surface area (TPSA) is 98.2 Å². The molecule has 0 aromatic carbocycles. The van der Waals surface area contributed by atoms with Crippen molar-refractivity contribution in [2.24, 2.45) is 5.73 Å². The van der Waals surface area contributed by atoms with Crippen LogP contribution in [0.2, 0.25) is 0 Å². The van der Waals surface area contributed by atoms with Crippen LogP contribution in [0.15, 0.2) is 22.0 Å². The number of nitrogens with zero attached hydrogens (tertiary/aromatic N) is 1. The van der Waals surface area contributed by atoms with Gasteiger partial charge in [0.25, 0.3) is 11.8 Å². The van der Waals surface area contributed by atoms with Crippen molar-refractivity contribution in [3.8, 4) is 0 Å². The number of rotatable bonds is 3. The third kappa shape index (κ3) is 2.34. The first-order valence-corrected chi connectivity index (χ1v) is 5.58. The Kier molecular flexibility index (Phi) is 2.92. The fourth-order valence-corrected chi connectivity index (χ4v) is 2.02. The molecule has 88 valence electrons. The van der Waals surface area contributed by atoms with Crippen LogP contribution in [0.25, 0.3) is 0 Å². The first kappa shape index (κ1) is 11.3. The lowest BCUT2D eigenvalue weighted by molar-refractivity contribution is 0.0988. The van der Waals surface area contributed by atoms with Crippen molar-refractivity contribution in [1.29, 1.82) is 0 Å². The minimum atomic E-state index is -0.588. The van der Waals surface area contributed by atoms with E-state index in [9.17, 15) is 9.59 Å². The molecule has 17 heavy (non-hydrogen) atoms. The summed E-state index contributed by atoms with van der Waals surface area (Å²) >= 11 is 1.21. The Morgan fingerprint density at radius 3 is 2.88 bits per heavy atom. The van der Waals surface area contributed by atoms with Gasteiger partial charge < -0.3 is 15.6 Å². The predicted molar refractivity (Wildman–Crippen MR) is 62.0 cm³/mol. The molecule has 2 aromatic heterocycles. The van der Waals surface area contributed by atoms with E-state index in [1.807, 2.05) is 0 Å². The van der Waals surface area contributed by atoms with Gasteiger partial charge in [-0.05, 0) is 18.4 Å². The number of nitrogens with two attached hydrogens (primary N) is 1. The molecular formula is C10H9N3O3S. The molecule has 0 aliphatic heterocycles. The molecule has 6 nitrogen and oxygen atoms in total. The molecule has 2 amide bonds. The van der Waals surface area contributed by atoms with Crippen LogP contribution < -0.4 is 11.1 Å². The van der Waals surface area contributed by atoms with Crippen LogP contribution in [0.4, 0.5) is 5.00 Å². The molecule has 2 rings (SSSR count). The highest BCUT2D eigenvalue weighted by Gasteiger charge is 2.16. The van der Waals surface area contributed by atoms with Crippen molar-refractivity contribution >= 4 is 28.2 Å². The van der Waals surface area contributed by atoms with E-state index in [1.54, 1.807) is 18.4 Å². The second-order valence-electron chi connectivity index (χ2n) is 3.31. The predicted octanol–water partition coefficient (Wildman–Crippen LogP) is 1.40. The summed E-state index contributed by atoms with van der Waals surface area (Å²) in [7, 11) is 0. The molecular weight excluding hydrogens is 242 g/mol. The van der Waals surface area contributed by atoms with Gasteiger partial charge in [-0.3, -0.25) is 9.59 Å². The second kappa shape index (κ2) is 4.38. The molecule has 0 aliphatic carbocycles. The van der Waals surface area contributed by atoms with Gasteiger partial charge in [0.2, 0.25) is 5.76 Å². The van der Waals surface area contributed by atoms with Gasteiger partial charge >= 0.3 is 0 Å². The van der Waals surface area contributed by atoms with Crippen molar-refractivity contribution in [3.05, 3.63) is 34.5 Å². The summed E-state index contributed by atoms with van der Waals surface area (Å²) in [5.41, 5.74) is 6.04. The molecule has 0 bridgehead atoms. The minimum Gasteiger partial charge on any atom is -0.366 e. The third-order valence-electron chi connectivity index (χ3n) is 2.01. The molecule has 0 atom stereocenters. The Labute approximate surface area is 100 Å². The van der Waals surface area contributed by atoms with Gasteiger partial charge in [0, 0.05) is 6.07 Å². The van der Waals surface area contributed by atoms with E-state index in [1.165, 1.54) is 17.4 Å². The van der Waals surface area contributed by atoms with E-state index in [-0.39, 0.29) is 11.3 Å². The minimum absolute atomic E-state index is 0.0892. The van der Waals surface area contributed by atoms with E-state index >= 15 is 0 Å². The summed E-state index contributed by atoms with van der Waals surface area (Å²) in [5.74, 6) is -0.961. The average molecular weight is 251 g/mol. The third-order valence-corrected chi connectivity index (χ3v) is 2.84. The molecule has 0 aliphatic rings. The van der Waals surface area contributed by atoms with E-state index in [2.05, 4.69) is 10.5 Å². The number of hydrogen-bond donors (Lipinski definition) is 2. The first-order valence-electron chi connectivity index (χ1n) is 4.70.